The second-order valence-electron chi connectivity index (χ2n) is 9.72. The smallest absolute Gasteiger partial charge is 0.328 e. The lowest BCUT2D eigenvalue weighted by molar-refractivity contribution is -0.275. The van der Waals surface area contributed by atoms with E-state index in [1.165, 1.54) is 0 Å². The number of rotatable bonds is 4. The van der Waals surface area contributed by atoms with Gasteiger partial charge in [0.05, 0.1) is 14.2 Å². The first kappa shape index (κ1) is 23.4. The van der Waals surface area contributed by atoms with Crippen LogP contribution in [0.25, 0.3) is 0 Å². The maximum absolute atomic E-state index is 14.1. The van der Waals surface area contributed by atoms with E-state index in [9.17, 15) is 14.4 Å². The summed E-state index contributed by atoms with van der Waals surface area (Å²) in [6, 6.07) is 14.3. The number of methoxy groups -OCH3 is 2. The van der Waals surface area contributed by atoms with Gasteiger partial charge in [-0.2, -0.15) is 0 Å². The maximum atomic E-state index is 14.1. The molecule has 0 radical (unpaired) electrons. The van der Waals surface area contributed by atoms with Crippen molar-refractivity contribution in [2.45, 2.75) is 62.6 Å². The first-order valence-corrected chi connectivity index (χ1v) is 12.2. The van der Waals surface area contributed by atoms with E-state index < -0.39 is 35.0 Å². The van der Waals surface area contributed by atoms with Crippen molar-refractivity contribution >= 4 is 17.7 Å². The molecule has 7 nitrogen and oxygen atoms in total. The van der Waals surface area contributed by atoms with Crippen LogP contribution in [0.3, 0.4) is 0 Å². The number of ether oxygens (including phenoxy) is 4. The van der Waals surface area contributed by atoms with Crippen molar-refractivity contribution in [1.82, 2.24) is 0 Å². The Balaban J connectivity index is 1.64. The number of Topliss-reactive ketones (excluding diaryl/α,β-unsaturated/α-hetero) is 1. The third-order valence-corrected chi connectivity index (χ3v) is 7.85. The molecule has 1 saturated heterocycles. The Bertz CT molecular complexity index is 1030. The van der Waals surface area contributed by atoms with E-state index in [0.717, 1.165) is 19.3 Å². The molecule has 1 heterocycles. The molecule has 5 rings (SSSR count). The fraction of sp³-hybridized carbons (Fsp3) is 0.464. The van der Waals surface area contributed by atoms with Crippen molar-refractivity contribution in [2.75, 3.05) is 14.2 Å². The summed E-state index contributed by atoms with van der Waals surface area (Å²) in [5, 5.41) is 0. The number of hydrogen-bond acceptors (Lipinski definition) is 7. The lowest BCUT2D eigenvalue weighted by Gasteiger charge is -2.52. The molecule has 0 bridgehead atoms. The van der Waals surface area contributed by atoms with E-state index in [0.29, 0.717) is 35.5 Å². The average molecular weight is 479 g/mol. The fourth-order valence-corrected chi connectivity index (χ4v) is 6.01. The van der Waals surface area contributed by atoms with Crippen molar-refractivity contribution in [2.24, 2.45) is 5.41 Å². The van der Waals surface area contributed by atoms with Gasteiger partial charge >= 0.3 is 11.9 Å². The number of ketones is 1. The molecule has 3 fully saturated rings. The van der Waals surface area contributed by atoms with Crippen molar-refractivity contribution in [3.63, 3.8) is 0 Å². The van der Waals surface area contributed by atoms with Crippen molar-refractivity contribution < 1.29 is 33.3 Å². The van der Waals surface area contributed by atoms with Crippen molar-refractivity contribution in [3.05, 3.63) is 59.7 Å². The lowest BCUT2D eigenvalue weighted by atomic mass is 9.55. The van der Waals surface area contributed by atoms with Gasteiger partial charge in [-0.25, -0.2) is 0 Å². The Morgan fingerprint density at radius 2 is 1.11 bits per heavy atom. The molecular formula is C28H30O7. The summed E-state index contributed by atoms with van der Waals surface area (Å²) in [6.07, 6.45) is 3.78. The zero-order valence-electron chi connectivity index (χ0n) is 20.1. The van der Waals surface area contributed by atoms with Crippen LogP contribution in [-0.4, -0.2) is 37.7 Å². The molecule has 2 atom stereocenters. The molecule has 1 aliphatic heterocycles. The molecule has 7 heteroatoms. The molecule has 0 unspecified atom stereocenters. The number of esters is 2. The summed E-state index contributed by atoms with van der Waals surface area (Å²) in [7, 11) is 3.14. The highest BCUT2D eigenvalue weighted by molar-refractivity contribution is 6.06. The number of carbonyl (C=O) groups excluding carboxylic acids is 3. The van der Waals surface area contributed by atoms with Gasteiger partial charge in [-0.15, -0.1) is 0 Å². The van der Waals surface area contributed by atoms with E-state index in [2.05, 4.69) is 0 Å². The lowest BCUT2D eigenvalue weighted by Crippen LogP contribution is -2.62. The van der Waals surface area contributed by atoms with E-state index in [1.807, 2.05) is 0 Å². The summed E-state index contributed by atoms with van der Waals surface area (Å²) in [5.74, 6) is -2.55. The topological polar surface area (TPSA) is 88.1 Å². The average Bonchev–Trinajstić information content (AvgIpc) is 2.88. The highest BCUT2D eigenvalue weighted by atomic mass is 16.7. The number of carbonyl (C=O) groups is 3. The number of benzene rings is 2. The molecule has 0 N–H and O–H groups in total. The molecular weight excluding hydrogens is 448 g/mol. The normalized spacial score (nSPS) is 25.1. The Hall–Kier alpha value is -3.35. The molecule has 2 aliphatic carbocycles. The van der Waals surface area contributed by atoms with Crippen LogP contribution in [0.15, 0.2) is 48.5 Å². The van der Waals surface area contributed by atoms with Crippen molar-refractivity contribution in [3.8, 4) is 11.5 Å². The number of hydrogen-bond donors (Lipinski definition) is 0. The van der Waals surface area contributed by atoms with Gasteiger partial charge in [0.2, 0.25) is 0 Å². The molecule has 184 valence electrons. The Labute approximate surface area is 204 Å². The molecule has 0 amide bonds. The van der Waals surface area contributed by atoms with Gasteiger partial charge in [0.15, 0.2) is 5.41 Å². The Kier molecular flexibility index (Phi) is 6.03. The van der Waals surface area contributed by atoms with Gasteiger partial charge in [0.25, 0.3) is 5.79 Å². The summed E-state index contributed by atoms with van der Waals surface area (Å²) in [4.78, 5) is 41.2. The van der Waals surface area contributed by atoms with Gasteiger partial charge in [0, 0.05) is 37.5 Å². The van der Waals surface area contributed by atoms with Crippen LogP contribution < -0.4 is 9.47 Å². The third kappa shape index (κ3) is 3.87. The standard InChI is InChI=1S/C28H30O7/c1-32-21-10-6-18(7-11-21)23-16-20(29)17-24(19-8-12-22(33-2)13-9-19)28(23)25(30)34-27(35-26(28)31)14-4-3-5-15-27/h6-13,23-24H,3-5,14-17H2,1-2H3/t23-,24+. The van der Waals surface area contributed by atoms with Gasteiger partial charge in [-0.3, -0.25) is 14.4 Å². The van der Waals surface area contributed by atoms with Crippen LogP contribution >= 0.6 is 0 Å². The third-order valence-electron chi connectivity index (χ3n) is 7.85. The quantitative estimate of drug-likeness (QED) is 0.466. The van der Waals surface area contributed by atoms with E-state index >= 15 is 0 Å². The highest BCUT2D eigenvalue weighted by Crippen LogP contribution is 2.59. The van der Waals surface area contributed by atoms with E-state index in [4.69, 9.17) is 18.9 Å². The Morgan fingerprint density at radius 1 is 0.686 bits per heavy atom. The predicted octanol–water partition coefficient (Wildman–Crippen LogP) is 4.68. The van der Waals surface area contributed by atoms with Gasteiger partial charge < -0.3 is 18.9 Å². The fourth-order valence-electron chi connectivity index (χ4n) is 6.01. The minimum absolute atomic E-state index is 0.0178. The largest absolute Gasteiger partial charge is 0.497 e. The molecule has 2 saturated carbocycles. The molecule has 2 aromatic rings. The second kappa shape index (κ2) is 9.02. The molecule has 35 heavy (non-hydrogen) atoms. The van der Waals surface area contributed by atoms with Crippen molar-refractivity contribution in [1.29, 1.82) is 0 Å². The summed E-state index contributed by atoms with van der Waals surface area (Å²) >= 11 is 0. The predicted molar refractivity (Wildman–Crippen MR) is 126 cm³/mol. The van der Waals surface area contributed by atoms with E-state index in [-0.39, 0.29) is 18.6 Å². The van der Waals surface area contributed by atoms with Crippen LogP contribution in [-0.2, 0) is 23.9 Å². The molecule has 2 spiro atoms. The Morgan fingerprint density at radius 3 is 1.51 bits per heavy atom. The van der Waals surface area contributed by atoms with Crippen LogP contribution in [0.5, 0.6) is 11.5 Å². The zero-order valence-corrected chi connectivity index (χ0v) is 20.1. The highest BCUT2D eigenvalue weighted by Gasteiger charge is 2.68. The SMILES string of the molecule is COc1ccc([C@H]2CC(=O)C[C@@H](c3ccc(OC)cc3)C23C(=O)OC2(CCCCC2)OC3=O)cc1. The van der Waals surface area contributed by atoms with Crippen LogP contribution in [0.4, 0.5) is 0 Å². The summed E-state index contributed by atoms with van der Waals surface area (Å²) in [5.41, 5.74) is -0.267. The van der Waals surface area contributed by atoms with Crippen LogP contribution in [0.2, 0.25) is 0 Å². The monoisotopic (exact) mass is 478 g/mol. The maximum Gasteiger partial charge on any atom is 0.328 e. The first-order valence-electron chi connectivity index (χ1n) is 12.2. The van der Waals surface area contributed by atoms with Gasteiger partial charge in [-0.1, -0.05) is 30.7 Å². The van der Waals surface area contributed by atoms with Gasteiger partial charge in [0.1, 0.15) is 17.3 Å². The summed E-state index contributed by atoms with van der Waals surface area (Å²) in [6.45, 7) is 0. The second-order valence-corrected chi connectivity index (χ2v) is 9.72. The molecule has 0 aromatic heterocycles. The first-order chi connectivity index (χ1) is 16.9. The van der Waals surface area contributed by atoms with E-state index in [1.54, 1.807) is 62.8 Å². The van der Waals surface area contributed by atoms with Crippen LogP contribution in [0, 0.1) is 5.41 Å². The minimum Gasteiger partial charge on any atom is -0.497 e. The van der Waals surface area contributed by atoms with Crippen LogP contribution in [0.1, 0.15) is 67.9 Å². The zero-order chi connectivity index (χ0) is 24.6. The summed E-state index contributed by atoms with van der Waals surface area (Å²) < 4.78 is 22.7. The minimum atomic E-state index is -1.67. The molecule has 3 aliphatic rings. The van der Waals surface area contributed by atoms with Gasteiger partial charge in [-0.05, 0) is 48.2 Å². The molecule has 2 aromatic carbocycles.